The first kappa shape index (κ1) is 25.0. The second-order valence-electron chi connectivity index (χ2n) is 8.04. The van der Waals surface area contributed by atoms with Crippen LogP contribution in [0.3, 0.4) is 0 Å². The van der Waals surface area contributed by atoms with Crippen LogP contribution in [0.4, 0.5) is 0 Å². The molecule has 0 bridgehead atoms. The summed E-state index contributed by atoms with van der Waals surface area (Å²) in [7, 11) is 0. The Bertz CT molecular complexity index is 370. The minimum absolute atomic E-state index is 1.13. The fourth-order valence-corrected chi connectivity index (χ4v) is 3.21. The van der Waals surface area contributed by atoms with Crippen molar-refractivity contribution in [3.05, 3.63) is 48.6 Å². The molecule has 0 nitrogen and oxygen atoms in total. The van der Waals surface area contributed by atoms with E-state index in [4.69, 9.17) is 0 Å². The van der Waals surface area contributed by atoms with E-state index in [-0.39, 0.29) is 0 Å². The molecular weight excluding hydrogens is 312 g/mol. The SMILES string of the molecule is C=C(CC)CCCCC(=C)CCCCCCC(=C)CCCCC(=C)CC. The van der Waals surface area contributed by atoms with Crippen molar-refractivity contribution in [3.8, 4) is 0 Å². The van der Waals surface area contributed by atoms with Gasteiger partial charge in [-0.3, -0.25) is 0 Å². The van der Waals surface area contributed by atoms with Crippen molar-refractivity contribution in [2.75, 3.05) is 0 Å². The minimum atomic E-state index is 1.13. The van der Waals surface area contributed by atoms with Crippen LogP contribution in [0.1, 0.15) is 117 Å². The van der Waals surface area contributed by atoms with Crippen LogP contribution in [0, 0.1) is 0 Å². The summed E-state index contributed by atoms with van der Waals surface area (Å²) in [5.41, 5.74) is 5.68. The number of hydrogen-bond donors (Lipinski definition) is 0. The predicted molar refractivity (Wildman–Crippen MR) is 122 cm³/mol. The van der Waals surface area contributed by atoms with Crippen LogP contribution in [0.2, 0.25) is 0 Å². The second-order valence-corrected chi connectivity index (χ2v) is 8.04. The van der Waals surface area contributed by atoms with Gasteiger partial charge in [0.2, 0.25) is 0 Å². The van der Waals surface area contributed by atoms with E-state index in [9.17, 15) is 0 Å². The highest BCUT2D eigenvalue weighted by molar-refractivity contribution is 4.97. The Morgan fingerprint density at radius 3 is 0.885 bits per heavy atom. The molecule has 0 saturated heterocycles. The van der Waals surface area contributed by atoms with Crippen LogP contribution in [-0.2, 0) is 0 Å². The van der Waals surface area contributed by atoms with E-state index in [0.29, 0.717) is 0 Å². The molecule has 0 unspecified atom stereocenters. The lowest BCUT2D eigenvalue weighted by Crippen LogP contribution is -1.88. The summed E-state index contributed by atoms with van der Waals surface area (Å²) in [4.78, 5) is 0. The Balaban J connectivity index is 3.41. The smallest absolute Gasteiger partial charge is 0.0323 e. The van der Waals surface area contributed by atoms with Crippen LogP contribution in [0.15, 0.2) is 48.6 Å². The van der Waals surface area contributed by atoms with Gasteiger partial charge in [0.15, 0.2) is 0 Å². The fourth-order valence-electron chi connectivity index (χ4n) is 3.21. The molecular formula is C26H46. The molecule has 0 fully saturated rings. The Kier molecular flexibility index (Phi) is 16.7. The lowest BCUT2D eigenvalue weighted by molar-refractivity contribution is 0.610. The number of allylic oxidation sites excluding steroid dienone is 4. The topological polar surface area (TPSA) is 0 Å². The lowest BCUT2D eigenvalue weighted by Gasteiger charge is -2.08. The fraction of sp³-hybridized carbons (Fsp3) is 0.692. The molecule has 0 spiro atoms. The molecule has 0 rings (SSSR count). The van der Waals surface area contributed by atoms with Crippen molar-refractivity contribution >= 4 is 0 Å². The maximum absolute atomic E-state index is 4.26. The summed E-state index contributed by atoms with van der Waals surface area (Å²) in [5.74, 6) is 0. The Morgan fingerprint density at radius 1 is 0.385 bits per heavy atom. The molecule has 26 heavy (non-hydrogen) atoms. The Morgan fingerprint density at radius 2 is 0.615 bits per heavy atom. The first-order valence-electron chi connectivity index (χ1n) is 11.2. The van der Waals surface area contributed by atoms with Gasteiger partial charge in [-0.2, -0.15) is 0 Å². The molecule has 0 aliphatic carbocycles. The molecule has 0 aromatic rings. The van der Waals surface area contributed by atoms with E-state index in [1.54, 1.807) is 0 Å². The molecule has 0 atom stereocenters. The average molecular weight is 359 g/mol. The largest absolute Gasteiger partial charge is 0.0999 e. The number of unbranched alkanes of at least 4 members (excludes halogenated alkanes) is 5. The standard InChI is InChI=1S/C26H46/c1-7-23(3)17-13-15-21-25(5)19-11-9-10-12-20-26(6)22-16-14-18-24(4)8-2/h3-22H2,1-2H3. The van der Waals surface area contributed by atoms with Gasteiger partial charge in [0, 0.05) is 0 Å². The first-order chi connectivity index (χ1) is 12.5. The quantitative estimate of drug-likeness (QED) is 0.159. The molecule has 0 heteroatoms. The Labute approximate surface area is 165 Å². The third-order valence-electron chi connectivity index (χ3n) is 5.43. The maximum Gasteiger partial charge on any atom is -0.0323 e. The van der Waals surface area contributed by atoms with E-state index < -0.39 is 0 Å². The molecule has 150 valence electrons. The zero-order chi connectivity index (χ0) is 19.6. The van der Waals surface area contributed by atoms with Gasteiger partial charge in [0.1, 0.15) is 0 Å². The highest BCUT2D eigenvalue weighted by Gasteiger charge is 2.00. The summed E-state index contributed by atoms with van der Waals surface area (Å²) in [6.45, 7) is 21.1. The average Bonchev–Trinajstić information content (AvgIpc) is 2.64. The van der Waals surface area contributed by atoms with Crippen molar-refractivity contribution < 1.29 is 0 Å². The summed E-state index contributed by atoms with van der Waals surface area (Å²) < 4.78 is 0. The predicted octanol–water partition coefficient (Wildman–Crippen LogP) is 9.49. The molecule has 0 amide bonds. The van der Waals surface area contributed by atoms with E-state index in [1.165, 1.54) is 112 Å². The number of rotatable bonds is 19. The summed E-state index contributed by atoms with van der Waals surface area (Å²) in [6.07, 6.45) is 19.9. The van der Waals surface area contributed by atoms with Gasteiger partial charge < -0.3 is 0 Å². The zero-order valence-electron chi connectivity index (χ0n) is 18.1. The van der Waals surface area contributed by atoms with Crippen LogP contribution in [-0.4, -0.2) is 0 Å². The molecule has 0 heterocycles. The van der Waals surface area contributed by atoms with Gasteiger partial charge in [0.25, 0.3) is 0 Å². The van der Waals surface area contributed by atoms with Gasteiger partial charge in [-0.05, 0) is 89.9 Å². The third kappa shape index (κ3) is 16.4. The zero-order valence-corrected chi connectivity index (χ0v) is 18.1. The van der Waals surface area contributed by atoms with Gasteiger partial charge in [0.05, 0.1) is 0 Å². The van der Waals surface area contributed by atoms with E-state index in [0.717, 1.165) is 12.8 Å². The Hall–Kier alpha value is -1.04. The number of hydrogen-bond acceptors (Lipinski definition) is 0. The second kappa shape index (κ2) is 17.4. The van der Waals surface area contributed by atoms with E-state index in [1.807, 2.05) is 0 Å². The van der Waals surface area contributed by atoms with Gasteiger partial charge in [-0.15, -0.1) is 0 Å². The molecule has 0 saturated carbocycles. The van der Waals surface area contributed by atoms with Crippen LogP contribution < -0.4 is 0 Å². The van der Waals surface area contributed by atoms with Crippen molar-refractivity contribution in [2.24, 2.45) is 0 Å². The normalized spacial score (nSPS) is 10.7. The monoisotopic (exact) mass is 358 g/mol. The lowest BCUT2D eigenvalue weighted by atomic mass is 9.98. The molecule has 0 radical (unpaired) electrons. The molecule has 0 aromatic heterocycles. The highest BCUT2D eigenvalue weighted by Crippen LogP contribution is 2.19. The third-order valence-corrected chi connectivity index (χ3v) is 5.43. The molecule has 0 aliphatic heterocycles. The molecule has 0 aromatic carbocycles. The van der Waals surface area contributed by atoms with Crippen LogP contribution >= 0.6 is 0 Å². The van der Waals surface area contributed by atoms with Crippen LogP contribution in [0.5, 0.6) is 0 Å². The van der Waals surface area contributed by atoms with E-state index >= 15 is 0 Å². The molecule has 0 N–H and O–H groups in total. The summed E-state index contributed by atoms with van der Waals surface area (Å²) in [5, 5.41) is 0. The molecule has 0 aliphatic rings. The van der Waals surface area contributed by atoms with Crippen molar-refractivity contribution in [2.45, 2.75) is 117 Å². The maximum atomic E-state index is 4.26. The summed E-state index contributed by atoms with van der Waals surface area (Å²) in [6, 6.07) is 0. The summed E-state index contributed by atoms with van der Waals surface area (Å²) >= 11 is 0. The highest BCUT2D eigenvalue weighted by atomic mass is 14.1. The van der Waals surface area contributed by atoms with Crippen molar-refractivity contribution in [3.63, 3.8) is 0 Å². The van der Waals surface area contributed by atoms with Crippen molar-refractivity contribution in [1.29, 1.82) is 0 Å². The van der Waals surface area contributed by atoms with Gasteiger partial charge in [-0.1, -0.05) is 75.3 Å². The van der Waals surface area contributed by atoms with E-state index in [2.05, 4.69) is 40.2 Å². The van der Waals surface area contributed by atoms with Gasteiger partial charge >= 0.3 is 0 Å². The van der Waals surface area contributed by atoms with Gasteiger partial charge in [-0.25, -0.2) is 0 Å². The minimum Gasteiger partial charge on any atom is -0.0999 e. The van der Waals surface area contributed by atoms with Crippen molar-refractivity contribution in [1.82, 2.24) is 0 Å². The first-order valence-corrected chi connectivity index (χ1v) is 11.2. The van der Waals surface area contributed by atoms with Crippen LogP contribution in [0.25, 0.3) is 0 Å².